The summed E-state index contributed by atoms with van der Waals surface area (Å²) in [6, 6.07) is 7.63. The SMILES string of the molecule is CCNC(=NCc1sc(C)nc1C)NCCc1ccc(OCC(N)=O)cc1. The van der Waals surface area contributed by atoms with Gasteiger partial charge in [-0.15, -0.1) is 11.3 Å². The third kappa shape index (κ3) is 7.26. The number of benzene rings is 1. The van der Waals surface area contributed by atoms with E-state index in [-0.39, 0.29) is 6.61 Å². The average Bonchev–Trinajstić information content (AvgIpc) is 2.96. The number of nitrogens with one attached hydrogen (secondary N) is 2. The van der Waals surface area contributed by atoms with E-state index in [0.717, 1.165) is 36.2 Å². The number of aliphatic imine (C=N–C) groups is 1. The molecule has 0 saturated carbocycles. The topological polar surface area (TPSA) is 102 Å². The summed E-state index contributed by atoms with van der Waals surface area (Å²) >= 11 is 1.69. The Labute approximate surface area is 164 Å². The number of amides is 1. The molecule has 0 aliphatic carbocycles. The monoisotopic (exact) mass is 389 g/mol. The van der Waals surface area contributed by atoms with Crippen molar-refractivity contribution in [3.63, 3.8) is 0 Å². The summed E-state index contributed by atoms with van der Waals surface area (Å²) in [5.41, 5.74) is 7.28. The summed E-state index contributed by atoms with van der Waals surface area (Å²) in [6.45, 7) is 8.15. The van der Waals surface area contributed by atoms with Gasteiger partial charge in [0.15, 0.2) is 12.6 Å². The zero-order valence-corrected chi connectivity index (χ0v) is 16.9. The van der Waals surface area contributed by atoms with Crippen LogP contribution < -0.4 is 21.1 Å². The number of carbonyl (C=O) groups excluding carboxylic acids is 1. The van der Waals surface area contributed by atoms with Crippen LogP contribution in [-0.4, -0.2) is 36.5 Å². The van der Waals surface area contributed by atoms with E-state index in [1.165, 1.54) is 10.4 Å². The van der Waals surface area contributed by atoms with Gasteiger partial charge >= 0.3 is 0 Å². The van der Waals surface area contributed by atoms with Crippen molar-refractivity contribution in [3.05, 3.63) is 45.4 Å². The maximum Gasteiger partial charge on any atom is 0.255 e. The van der Waals surface area contributed by atoms with E-state index in [4.69, 9.17) is 10.5 Å². The van der Waals surface area contributed by atoms with E-state index in [1.807, 2.05) is 45.0 Å². The van der Waals surface area contributed by atoms with Crippen molar-refractivity contribution in [2.24, 2.45) is 10.7 Å². The van der Waals surface area contributed by atoms with Crippen LogP contribution in [-0.2, 0) is 17.8 Å². The van der Waals surface area contributed by atoms with Crippen molar-refractivity contribution < 1.29 is 9.53 Å². The highest BCUT2D eigenvalue weighted by Gasteiger charge is 2.05. The number of hydrogen-bond donors (Lipinski definition) is 3. The van der Waals surface area contributed by atoms with Crippen LogP contribution in [0.4, 0.5) is 0 Å². The molecule has 0 saturated heterocycles. The second kappa shape index (κ2) is 10.5. The number of guanidine groups is 1. The highest BCUT2D eigenvalue weighted by molar-refractivity contribution is 7.11. The third-order valence-electron chi connectivity index (χ3n) is 3.74. The Morgan fingerprint density at radius 2 is 2.00 bits per heavy atom. The van der Waals surface area contributed by atoms with Crippen LogP contribution in [0.5, 0.6) is 5.75 Å². The summed E-state index contributed by atoms with van der Waals surface area (Å²) in [4.78, 5) is 21.0. The first kappa shape index (κ1) is 20.7. The molecule has 1 heterocycles. The molecular weight excluding hydrogens is 362 g/mol. The number of primary amides is 1. The molecule has 4 N–H and O–H groups in total. The Balaban J connectivity index is 1.83. The zero-order valence-electron chi connectivity index (χ0n) is 16.0. The molecule has 146 valence electrons. The molecule has 1 aromatic heterocycles. The Kier molecular flexibility index (Phi) is 8.06. The molecule has 8 heteroatoms. The summed E-state index contributed by atoms with van der Waals surface area (Å²) in [5.74, 6) is 0.946. The zero-order chi connectivity index (χ0) is 19.6. The molecule has 0 fully saturated rings. The lowest BCUT2D eigenvalue weighted by molar-refractivity contribution is -0.119. The predicted molar refractivity (Wildman–Crippen MR) is 109 cm³/mol. The molecule has 1 amide bonds. The number of rotatable bonds is 9. The quantitative estimate of drug-likeness (QED) is 0.449. The Hall–Kier alpha value is -2.61. The highest BCUT2D eigenvalue weighted by Crippen LogP contribution is 2.17. The van der Waals surface area contributed by atoms with Gasteiger partial charge in [0.2, 0.25) is 0 Å². The lowest BCUT2D eigenvalue weighted by atomic mass is 10.1. The second-order valence-corrected chi connectivity index (χ2v) is 7.30. The summed E-state index contributed by atoms with van der Waals surface area (Å²) < 4.78 is 5.26. The molecule has 0 radical (unpaired) electrons. The Bertz CT molecular complexity index is 771. The van der Waals surface area contributed by atoms with E-state index in [1.54, 1.807) is 11.3 Å². The van der Waals surface area contributed by atoms with Gasteiger partial charge < -0.3 is 21.1 Å². The van der Waals surface area contributed by atoms with Gasteiger partial charge in [-0.25, -0.2) is 9.98 Å². The number of aryl methyl sites for hydroxylation is 2. The van der Waals surface area contributed by atoms with Crippen molar-refractivity contribution in [1.82, 2.24) is 15.6 Å². The van der Waals surface area contributed by atoms with E-state index < -0.39 is 5.91 Å². The van der Waals surface area contributed by atoms with E-state index >= 15 is 0 Å². The molecule has 0 bridgehead atoms. The third-order valence-corrected chi connectivity index (χ3v) is 4.79. The van der Waals surface area contributed by atoms with Gasteiger partial charge in [-0.05, 0) is 44.9 Å². The van der Waals surface area contributed by atoms with Crippen molar-refractivity contribution >= 4 is 23.2 Å². The molecule has 0 atom stereocenters. The summed E-state index contributed by atoms with van der Waals surface area (Å²) in [6.07, 6.45) is 0.846. The number of aromatic nitrogens is 1. The van der Waals surface area contributed by atoms with Crippen LogP contribution in [0.1, 0.15) is 28.1 Å². The largest absolute Gasteiger partial charge is 0.484 e. The van der Waals surface area contributed by atoms with E-state index in [9.17, 15) is 4.79 Å². The lowest BCUT2D eigenvalue weighted by Gasteiger charge is -2.11. The first-order valence-electron chi connectivity index (χ1n) is 8.93. The molecule has 1 aromatic carbocycles. The summed E-state index contributed by atoms with van der Waals surface area (Å²) in [7, 11) is 0. The first-order valence-corrected chi connectivity index (χ1v) is 9.74. The van der Waals surface area contributed by atoms with Crippen LogP contribution in [0.3, 0.4) is 0 Å². The first-order chi connectivity index (χ1) is 13.0. The fourth-order valence-corrected chi connectivity index (χ4v) is 3.31. The molecule has 0 spiro atoms. The standard InChI is InChI=1S/C19H27N5O2S/c1-4-21-19(23-11-17-13(2)24-14(3)27-17)22-10-9-15-5-7-16(8-6-15)26-12-18(20)25/h5-8H,4,9-12H2,1-3H3,(H2,20,25)(H2,21,22,23). The van der Waals surface area contributed by atoms with E-state index in [0.29, 0.717) is 12.3 Å². The van der Waals surface area contributed by atoms with Gasteiger partial charge in [-0.2, -0.15) is 0 Å². The molecule has 27 heavy (non-hydrogen) atoms. The number of carbonyl (C=O) groups is 1. The minimum Gasteiger partial charge on any atom is -0.484 e. The van der Waals surface area contributed by atoms with Gasteiger partial charge in [-0.3, -0.25) is 4.79 Å². The average molecular weight is 390 g/mol. The van der Waals surface area contributed by atoms with Crippen molar-refractivity contribution in [1.29, 1.82) is 0 Å². The van der Waals surface area contributed by atoms with Crippen LogP contribution in [0, 0.1) is 13.8 Å². The van der Waals surface area contributed by atoms with Crippen LogP contribution in [0.2, 0.25) is 0 Å². The number of nitrogens with zero attached hydrogens (tertiary/aromatic N) is 2. The number of ether oxygens (including phenoxy) is 1. The molecule has 2 aromatic rings. The van der Waals surface area contributed by atoms with E-state index in [2.05, 4.69) is 20.6 Å². The van der Waals surface area contributed by atoms with Crippen LogP contribution in [0.25, 0.3) is 0 Å². The highest BCUT2D eigenvalue weighted by atomic mass is 32.1. The van der Waals surface area contributed by atoms with Crippen LogP contribution in [0.15, 0.2) is 29.3 Å². The van der Waals surface area contributed by atoms with Gasteiger partial charge in [0.25, 0.3) is 5.91 Å². The van der Waals surface area contributed by atoms with Gasteiger partial charge in [0, 0.05) is 18.0 Å². The maximum absolute atomic E-state index is 10.7. The number of nitrogens with two attached hydrogens (primary N) is 1. The smallest absolute Gasteiger partial charge is 0.255 e. The fourth-order valence-electron chi connectivity index (χ4n) is 2.44. The Morgan fingerprint density at radius 1 is 1.26 bits per heavy atom. The fraction of sp³-hybridized carbons (Fsp3) is 0.421. The number of thiazole rings is 1. The minimum atomic E-state index is -0.484. The van der Waals surface area contributed by atoms with Gasteiger partial charge in [0.1, 0.15) is 5.75 Å². The molecule has 7 nitrogen and oxygen atoms in total. The van der Waals surface area contributed by atoms with Gasteiger partial charge in [0.05, 0.1) is 17.2 Å². The lowest BCUT2D eigenvalue weighted by Crippen LogP contribution is -2.38. The second-order valence-electron chi connectivity index (χ2n) is 6.01. The number of hydrogen-bond acceptors (Lipinski definition) is 5. The molecule has 0 aliphatic rings. The predicted octanol–water partition coefficient (Wildman–Crippen LogP) is 1.92. The molecular formula is C19H27N5O2S. The minimum absolute atomic E-state index is 0.109. The molecule has 0 unspecified atom stereocenters. The molecule has 2 rings (SSSR count). The van der Waals surface area contributed by atoms with Crippen molar-refractivity contribution in [2.45, 2.75) is 33.7 Å². The van der Waals surface area contributed by atoms with Crippen molar-refractivity contribution in [2.75, 3.05) is 19.7 Å². The van der Waals surface area contributed by atoms with Crippen LogP contribution >= 0.6 is 11.3 Å². The molecule has 0 aliphatic heterocycles. The van der Waals surface area contributed by atoms with Crippen molar-refractivity contribution in [3.8, 4) is 5.75 Å². The van der Waals surface area contributed by atoms with Gasteiger partial charge in [-0.1, -0.05) is 12.1 Å². The Morgan fingerprint density at radius 3 is 2.59 bits per heavy atom. The normalized spacial score (nSPS) is 11.3. The summed E-state index contributed by atoms with van der Waals surface area (Å²) in [5, 5.41) is 7.68. The maximum atomic E-state index is 10.7.